The number of aryl methyl sites for hydroxylation is 2. The number of thioether (sulfide) groups is 1. The third-order valence-corrected chi connectivity index (χ3v) is 4.05. The first-order valence-corrected chi connectivity index (χ1v) is 7.54. The van der Waals surface area contributed by atoms with Gasteiger partial charge in [-0.25, -0.2) is 9.97 Å². The van der Waals surface area contributed by atoms with Crippen LogP contribution in [-0.4, -0.2) is 22.3 Å². The fourth-order valence-corrected chi connectivity index (χ4v) is 2.46. The van der Waals surface area contributed by atoms with Gasteiger partial charge < -0.3 is 10.5 Å². The topological polar surface area (TPSA) is 61.0 Å². The molecule has 1 heterocycles. The molecule has 0 radical (unpaired) electrons. The molecule has 0 aliphatic rings. The monoisotopic (exact) mass is 289 g/mol. The van der Waals surface area contributed by atoms with Gasteiger partial charge in [-0.15, -0.1) is 11.8 Å². The zero-order valence-corrected chi connectivity index (χ0v) is 12.6. The van der Waals surface area contributed by atoms with Crippen molar-refractivity contribution in [1.29, 1.82) is 0 Å². The van der Waals surface area contributed by atoms with Crippen molar-refractivity contribution in [2.24, 2.45) is 0 Å². The van der Waals surface area contributed by atoms with Crippen LogP contribution in [-0.2, 0) is 0 Å². The summed E-state index contributed by atoms with van der Waals surface area (Å²) in [6.45, 7) is 4.88. The van der Waals surface area contributed by atoms with E-state index < -0.39 is 0 Å². The lowest BCUT2D eigenvalue weighted by Gasteiger charge is -2.08. The van der Waals surface area contributed by atoms with Crippen LogP contribution in [0.5, 0.6) is 5.75 Å². The Balaban J connectivity index is 1.71. The van der Waals surface area contributed by atoms with Crippen LogP contribution in [0, 0.1) is 13.8 Å². The van der Waals surface area contributed by atoms with E-state index in [4.69, 9.17) is 10.5 Å². The molecule has 20 heavy (non-hydrogen) atoms. The molecule has 1 aromatic carbocycles. The van der Waals surface area contributed by atoms with E-state index in [1.54, 1.807) is 24.2 Å². The summed E-state index contributed by atoms with van der Waals surface area (Å²) in [5, 5.41) is 0.790. The molecule has 106 valence electrons. The lowest BCUT2D eigenvalue weighted by atomic mass is 10.1. The minimum atomic E-state index is 0.493. The van der Waals surface area contributed by atoms with Gasteiger partial charge in [-0.2, -0.15) is 0 Å². The molecule has 0 unspecified atom stereocenters. The summed E-state index contributed by atoms with van der Waals surface area (Å²) in [4.78, 5) is 8.20. The molecular weight excluding hydrogens is 270 g/mol. The van der Waals surface area contributed by atoms with Gasteiger partial charge in [-0.3, -0.25) is 0 Å². The van der Waals surface area contributed by atoms with Crippen molar-refractivity contribution in [2.75, 3.05) is 18.1 Å². The fraction of sp³-hybridized carbons (Fsp3) is 0.333. The molecular formula is C15H19N3OS. The van der Waals surface area contributed by atoms with E-state index in [0.717, 1.165) is 22.9 Å². The minimum Gasteiger partial charge on any atom is -0.494 e. The number of nitrogens with zero attached hydrogens (tertiary/aromatic N) is 2. The third kappa shape index (κ3) is 4.13. The molecule has 2 rings (SSSR count). The van der Waals surface area contributed by atoms with Crippen LogP contribution in [0.15, 0.2) is 35.6 Å². The summed E-state index contributed by atoms with van der Waals surface area (Å²) in [5.74, 6) is 2.33. The van der Waals surface area contributed by atoms with Gasteiger partial charge in [0, 0.05) is 18.1 Å². The minimum absolute atomic E-state index is 0.493. The van der Waals surface area contributed by atoms with Gasteiger partial charge in [0.2, 0.25) is 0 Å². The second-order valence-corrected chi connectivity index (χ2v) is 5.63. The van der Waals surface area contributed by atoms with Crippen LogP contribution >= 0.6 is 11.8 Å². The Morgan fingerprint density at radius 3 is 2.70 bits per heavy atom. The van der Waals surface area contributed by atoms with Crippen molar-refractivity contribution < 1.29 is 4.74 Å². The van der Waals surface area contributed by atoms with Gasteiger partial charge in [0.05, 0.1) is 6.61 Å². The van der Waals surface area contributed by atoms with E-state index in [9.17, 15) is 0 Å². The van der Waals surface area contributed by atoms with Crippen molar-refractivity contribution in [3.8, 4) is 5.75 Å². The molecule has 0 saturated carbocycles. The Hall–Kier alpha value is -1.75. The highest BCUT2D eigenvalue weighted by molar-refractivity contribution is 7.99. The number of hydrogen-bond donors (Lipinski definition) is 1. The summed E-state index contributed by atoms with van der Waals surface area (Å²) in [6, 6.07) is 6.17. The van der Waals surface area contributed by atoms with Crippen molar-refractivity contribution in [3.05, 3.63) is 41.7 Å². The second kappa shape index (κ2) is 7.14. The molecule has 0 amide bonds. The molecule has 0 aliphatic carbocycles. The molecule has 0 bridgehead atoms. The molecule has 2 aromatic rings. The van der Waals surface area contributed by atoms with Crippen LogP contribution in [0.2, 0.25) is 0 Å². The highest BCUT2D eigenvalue weighted by Gasteiger charge is 2.02. The lowest BCUT2D eigenvalue weighted by Crippen LogP contribution is -2.00. The van der Waals surface area contributed by atoms with E-state index in [0.29, 0.717) is 12.4 Å². The predicted octanol–water partition coefficient (Wildman–Crippen LogP) is 3.24. The zero-order valence-electron chi connectivity index (χ0n) is 11.8. The summed E-state index contributed by atoms with van der Waals surface area (Å²) in [7, 11) is 0. The quantitative estimate of drug-likeness (QED) is 0.653. The van der Waals surface area contributed by atoms with Crippen molar-refractivity contribution in [3.63, 3.8) is 0 Å². The Kier molecular flexibility index (Phi) is 5.24. The standard InChI is InChI=1S/C15H19N3OS/c1-11-4-5-13(10-12(11)2)19-8-3-9-20-15-14(16)17-6-7-18-15/h4-7,10H,3,8-9H2,1-2H3,(H2,16,17). The summed E-state index contributed by atoms with van der Waals surface area (Å²) in [6.07, 6.45) is 4.19. The first kappa shape index (κ1) is 14.7. The van der Waals surface area contributed by atoms with Crippen LogP contribution in [0.4, 0.5) is 5.82 Å². The molecule has 0 fully saturated rings. The molecule has 0 atom stereocenters. The maximum Gasteiger partial charge on any atom is 0.156 e. The Labute approximate surface area is 123 Å². The maximum absolute atomic E-state index is 5.73. The van der Waals surface area contributed by atoms with Gasteiger partial charge >= 0.3 is 0 Å². The van der Waals surface area contributed by atoms with E-state index in [1.165, 1.54) is 11.1 Å². The molecule has 0 saturated heterocycles. The number of aromatic nitrogens is 2. The lowest BCUT2D eigenvalue weighted by molar-refractivity contribution is 0.318. The fourth-order valence-electron chi connectivity index (χ4n) is 1.67. The van der Waals surface area contributed by atoms with Crippen LogP contribution in [0.1, 0.15) is 17.5 Å². The van der Waals surface area contributed by atoms with Gasteiger partial charge in [-0.05, 0) is 43.5 Å². The number of ether oxygens (including phenoxy) is 1. The normalized spacial score (nSPS) is 10.5. The Morgan fingerprint density at radius 2 is 1.95 bits per heavy atom. The third-order valence-electron chi connectivity index (χ3n) is 2.97. The highest BCUT2D eigenvalue weighted by Crippen LogP contribution is 2.21. The highest BCUT2D eigenvalue weighted by atomic mass is 32.2. The van der Waals surface area contributed by atoms with Crippen LogP contribution < -0.4 is 10.5 Å². The number of nitrogen functional groups attached to an aromatic ring is 1. The first-order chi connectivity index (χ1) is 9.66. The average molecular weight is 289 g/mol. The molecule has 5 heteroatoms. The smallest absolute Gasteiger partial charge is 0.156 e. The SMILES string of the molecule is Cc1ccc(OCCCSc2nccnc2N)cc1C. The van der Waals surface area contributed by atoms with Crippen LogP contribution in [0.3, 0.4) is 0 Å². The molecule has 0 spiro atoms. The Morgan fingerprint density at radius 1 is 1.15 bits per heavy atom. The largest absolute Gasteiger partial charge is 0.494 e. The van der Waals surface area contributed by atoms with Crippen molar-refractivity contribution in [2.45, 2.75) is 25.3 Å². The summed E-state index contributed by atoms with van der Waals surface area (Å²) < 4.78 is 5.73. The molecule has 4 nitrogen and oxygen atoms in total. The number of rotatable bonds is 6. The number of anilines is 1. The van der Waals surface area contributed by atoms with Gasteiger partial charge in [-0.1, -0.05) is 6.07 Å². The van der Waals surface area contributed by atoms with Crippen LogP contribution in [0.25, 0.3) is 0 Å². The molecule has 1 aromatic heterocycles. The number of hydrogen-bond acceptors (Lipinski definition) is 5. The second-order valence-electron chi connectivity index (χ2n) is 4.54. The van der Waals surface area contributed by atoms with E-state index >= 15 is 0 Å². The van der Waals surface area contributed by atoms with Gasteiger partial charge in [0.15, 0.2) is 5.82 Å². The van der Waals surface area contributed by atoms with Gasteiger partial charge in [0.1, 0.15) is 10.8 Å². The predicted molar refractivity (Wildman–Crippen MR) is 83.2 cm³/mol. The number of benzene rings is 1. The van der Waals surface area contributed by atoms with E-state index in [1.807, 2.05) is 6.07 Å². The summed E-state index contributed by atoms with van der Waals surface area (Å²) >= 11 is 1.61. The van der Waals surface area contributed by atoms with Gasteiger partial charge in [0.25, 0.3) is 0 Å². The zero-order chi connectivity index (χ0) is 14.4. The Bertz CT molecular complexity index is 575. The van der Waals surface area contributed by atoms with Crippen molar-refractivity contribution in [1.82, 2.24) is 9.97 Å². The molecule has 2 N–H and O–H groups in total. The first-order valence-electron chi connectivity index (χ1n) is 6.56. The summed E-state index contributed by atoms with van der Waals surface area (Å²) in [5.41, 5.74) is 8.27. The maximum atomic E-state index is 5.73. The average Bonchev–Trinajstić information content (AvgIpc) is 2.44. The van der Waals surface area contributed by atoms with E-state index in [2.05, 4.69) is 35.9 Å². The molecule has 0 aliphatic heterocycles. The number of nitrogens with two attached hydrogens (primary N) is 1. The van der Waals surface area contributed by atoms with Crippen molar-refractivity contribution >= 4 is 17.6 Å². The van der Waals surface area contributed by atoms with E-state index in [-0.39, 0.29) is 0 Å².